The molecule has 0 radical (unpaired) electrons. The zero-order valence-electron chi connectivity index (χ0n) is 17.5. The van der Waals surface area contributed by atoms with Gasteiger partial charge in [0.05, 0.1) is 31.9 Å². The van der Waals surface area contributed by atoms with Crippen LogP contribution in [0.4, 0.5) is 0 Å². The van der Waals surface area contributed by atoms with Gasteiger partial charge in [-0.15, -0.1) is 0 Å². The first-order chi connectivity index (χ1) is 15.0. The van der Waals surface area contributed by atoms with Gasteiger partial charge in [-0.05, 0) is 54.8 Å². The van der Waals surface area contributed by atoms with Gasteiger partial charge in [-0.1, -0.05) is 12.1 Å². The van der Waals surface area contributed by atoms with Gasteiger partial charge in [0.1, 0.15) is 17.3 Å². The molecule has 4 rings (SSSR count). The largest absolute Gasteiger partial charge is 0.507 e. The van der Waals surface area contributed by atoms with Crippen LogP contribution in [0.1, 0.15) is 30.0 Å². The van der Waals surface area contributed by atoms with Crippen LogP contribution in [0.15, 0.2) is 54.1 Å². The van der Waals surface area contributed by atoms with E-state index in [-0.39, 0.29) is 17.4 Å². The van der Waals surface area contributed by atoms with E-state index in [1.165, 1.54) is 4.90 Å². The Morgan fingerprint density at radius 2 is 1.65 bits per heavy atom. The molecule has 2 aromatic rings. The minimum atomic E-state index is -0.711. The molecular formula is C24H25NO6. The van der Waals surface area contributed by atoms with Crippen LogP contribution in [0.25, 0.3) is 5.76 Å². The van der Waals surface area contributed by atoms with Crippen LogP contribution in [0, 0.1) is 0 Å². The number of ketones is 1. The van der Waals surface area contributed by atoms with E-state index < -0.39 is 17.7 Å². The molecule has 2 fully saturated rings. The number of carbonyl (C=O) groups excluding carboxylic acids is 2. The van der Waals surface area contributed by atoms with Crippen LogP contribution in [-0.4, -0.2) is 55.2 Å². The molecule has 0 bridgehead atoms. The van der Waals surface area contributed by atoms with Gasteiger partial charge in [-0.3, -0.25) is 9.59 Å². The number of Topliss-reactive ketones (excluding diaryl/α,β-unsaturated/α-hetero) is 1. The summed E-state index contributed by atoms with van der Waals surface area (Å²) in [5, 5.41) is 11.1. The minimum absolute atomic E-state index is 0.0679. The predicted molar refractivity (Wildman–Crippen MR) is 114 cm³/mol. The Morgan fingerprint density at radius 1 is 1.03 bits per heavy atom. The Kier molecular flexibility index (Phi) is 5.95. The lowest BCUT2D eigenvalue weighted by molar-refractivity contribution is -0.140. The maximum absolute atomic E-state index is 13.0. The molecule has 2 saturated heterocycles. The van der Waals surface area contributed by atoms with Crippen molar-refractivity contribution in [1.82, 2.24) is 4.90 Å². The Morgan fingerprint density at radius 3 is 2.19 bits per heavy atom. The maximum atomic E-state index is 13.0. The molecule has 0 unspecified atom stereocenters. The van der Waals surface area contributed by atoms with E-state index >= 15 is 0 Å². The lowest BCUT2D eigenvalue weighted by atomic mass is 9.95. The second kappa shape index (κ2) is 8.81. The van der Waals surface area contributed by atoms with Crippen molar-refractivity contribution in [3.05, 3.63) is 65.2 Å². The fraction of sp³-hybridized carbons (Fsp3) is 0.333. The number of methoxy groups -OCH3 is 2. The fourth-order valence-corrected chi connectivity index (χ4v) is 4.11. The van der Waals surface area contributed by atoms with Crippen LogP contribution < -0.4 is 9.47 Å². The van der Waals surface area contributed by atoms with E-state index in [1.807, 2.05) is 0 Å². The number of amides is 1. The van der Waals surface area contributed by atoms with Crippen molar-refractivity contribution in [1.29, 1.82) is 0 Å². The van der Waals surface area contributed by atoms with Crippen molar-refractivity contribution in [3.8, 4) is 11.5 Å². The van der Waals surface area contributed by atoms with Crippen molar-refractivity contribution in [3.63, 3.8) is 0 Å². The number of ether oxygens (including phenoxy) is 3. The van der Waals surface area contributed by atoms with Crippen LogP contribution in [0.3, 0.4) is 0 Å². The highest BCUT2D eigenvalue weighted by Gasteiger charge is 2.47. The van der Waals surface area contributed by atoms with Gasteiger partial charge in [-0.2, -0.15) is 0 Å². The molecule has 7 heteroatoms. The highest BCUT2D eigenvalue weighted by Crippen LogP contribution is 2.40. The third-order valence-corrected chi connectivity index (χ3v) is 5.76. The Balaban J connectivity index is 1.79. The molecule has 0 aliphatic carbocycles. The Hall–Kier alpha value is -3.32. The van der Waals surface area contributed by atoms with Gasteiger partial charge in [0, 0.05) is 18.7 Å². The van der Waals surface area contributed by atoms with E-state index in [0.29, 0.717) is 35.8 Å². The maximum Gasteiger partial charge on any atom is 0.295 e. The molecule has 2 aliphatic rings. The van der Waals surface area contributed by atoms with Crippen molar-refractivity contribution in [2.75, 3.05) is 27.4 Å². The lowest BCUT2D eigenvalue weighted by Crippen LogP contribution is -2.36. The van der Waals surface area contributed by atoms with Gasteiger partial charge in [0.25, 0.3) is 11.7 Å². The summed E-state index contributed by atoms with van der Waals surface area (Å²) in [7, 11) is 3.12. The van der Waals surface area contributed by atoms with Crippen LogP contribution in [-0.2, 0) is 14.3 Å². The number of aliphatic hydroxyl groups excluding tert-OH is 1. The number of hydrogen-bond acceptors (Lipinski definition) is 6. The van der Waals surface area contributed by atoms with E-state index in [2.05, 4.69) is 0 Å². The second-order valence-corrected chi connectivity index (χ2v) is 7.59. The van der Waals surface area contributed by atoms with Gasteiger partial charge in [0.15, 0.2) is 0 Å². The molecular weight excluding hydrogens is 398 g/mol. The number of carbonyl (C=O) groups is 2. The van der Waals surface area contributed by atoms with Crippen molar-refractivity contribution < 1.29 is 28.9 Å². The summed E-state index contributed by atoms with van der Waals surface area (Å²) in [6, 6.07) is 13.2. The number of likely N-dealkylation sites (tertiary alicyclic amines) is 1. The summed E-state index contributed by atoms with van der Waals surface area (Å²) in [6.07, 6.45) is 1.63. The van der Waals surface area contributed by atoms with Gasteiger partial charge >= 0.3 is 0 Å². The highest BCUT2D eigenvalue weighted by atomic mass is 16.5. The summed E-state index contributed by atoms with van der Waals surface area (Å²) in [5.74, 6) is -0.257. The minimum Gasteiger partial charge on any atom is -0.507 e. The zero-order chi connectivity index (χ0) is 22.0. The summed E-state index contributed by atoms with van der Waals surface area (Å²) >= 11 is 0. The third-order valence-electron chi connectivity index (χ3n) is 5.76. The van der Waals surface area contributed by atoms with Crippen LogP contribution in [0.5, 0.6) is 11.5 Å². The number of benzene rings is 2. The smallest absolute Gasteiger partial charge is 0.295 e. The topological polar surface area (TPSA) is 85.3 Å². The molecule has 31 heavy (non-hydrogen) atoms. The summed E-state index contributed by atoms with van der Waals surface area (Å²) in [5.41, 5.74) is 1.22. The first-order valence-corrected chi connectivity index (χ1v) is 10.2. The standard InChI is InChI=1S/C24H25NO6/c1-29-17-9-5-15(6-10-17)21-20(22(26)16-7-11-18(30-2)12-8-16)23(27)24(28)25(21)14-19-4-3-13-31-19/h5-12,19,21,26H,3-4,13-14H2,1-2H3/b22-20+/t19-,21+/m0/s1. The Labute approximate surface area is 180 Å². The fourth-order valence-electron chi connectivity index (χ4n) is 4.11. The molecule has 162 valence electrons. The van der Waals surface area contributed by atoms with E-state index in [9.17, 15) is 14.7 Å². The zero-order valence-corrected chi connectivity index (χ0v) is 17.5. The van der Waals surface area contributed by atoms with E-state index in [1.54, 1.807) is 62.8 Å². The molecule has 2 aromatic carbocycles. The Bertz CT molecular complexity index is 990. The molecule has 0 aromatic heterocycles. The second-order valence-electron chi connectivity index (χ2n) is 7.59. The quantitative estimate of drug-likeness (QED) is 0.436. The SMILES string of the molecule is COc1ccc(/C(O)=C2\C(=O)C(=O)N(C[C@@H]3CCCO3)[C@@H]2c2ccc(OC)cc2)cc1. The molecule has 2 atom stereocenters. The summed E-state index contributed by atoms with van der Waals surface area (Å²) in [4.78, 5) is 27.5. The van der Waals surface area contributed by atoms with Crippen molar-refractivity contribution in [2.45, 2.75) is 25.0 Å². The number of nitrogens with zero attached hydrogens (tertiary/aromatic N) is 1. The molecule has 1 amide bonds. The first kappa shape index (κ1) is 20.9. The summed E-state index contributed by atoms with van der Waals surface area (Å²) in [6.45, 7) is 0.939. The van der Waals surface area contributed by atoms with E-state index in [0.717, 1.165) is 12.8 Å². The molecule has 1 N–H and O–H groups in total. The van der Waals surface area contributed by atoms with Crippen LogP contribution >= 0.6 is 0 Å². The average molecular weight is 423 g/mol. The van der Waals surface area contributed by atoms with Crippen molar-refractivity contribution >= 4 is 17.4 Å². The monoisotopic (exact) mass is 423 g/mol. The molecule has 0 spiro atoms. The predicted octanol–water partition coefficient (Wildman–Crippen LogP) is 3.30. The first-order valence-electron chi connectivity index (χ1n) is 10.2. The number of aliphatic hydroxyl groups is 1. The van der Waals surface area contributed by atoms with Gasteiger partial charge in [0.2, 0.25) is 0 Å². The van der Waals surface area contributed by atoms with Gasteiger partial charge < -0.3 is 24.2 Å². The highest BCUT2D eigenvalue weighted by molar-refractivity contribution is 6.46. The van der Waals surface area contributed by atoms with E-state index in [4.69, 9.17) is 14.2 Å². The molecule has 2 aliphatic heterocycles. The normalized spacial score (nSPS) is 22.7. The lowest BCUT2D eigenvalue weighted by Gasteiger charge is -2.27. The third kappa shape index (κ3) is 4.01. The van der Waals surface area contributed by atoms with Gasteiger partial charge in [-0.25, -0.2) is 0 Å². The summed E-state index contributed by atoms with van der Waals surface area (Å²) < 4.78 is 16.1. The molecule has 0 saturated carbocycles. The molecule has 7 nitrogen and oxygen atoms in total. The average Bonchev–Trinajstić information content (AvgIpc) is 3.41. The van der Waals surface area contributed by atoms with Crippen LogP contribution in [0.2, 0.25) is 0 Å². The molecule has 2 heterocycles. The number of rotatable bonds is 6. The van der Waals surface area contributed by atoms with Crippen molar-refractivity contribution in [2.24, 2.45) is 0 Å². The number of hydrogen-bond donors (Lipinski definition) is 1.